The Kier molecular flexibility index (Phi) is 4.87. The Bertz CT molecular complexity index is 1020. The highest BCUT2D eigenvalue weighted by molar-refractivity contribution is 5.83. The molecule has 0 aliphatic heterocycles. The third-order valence-corrected chi connectivity index (χ3v) is 4.81. The molecule has 0 amide bonds. The van der Waals surface area contributed by atoms with Crippen molar-refractivity contribution in [3.8, 4) is 5.75 Å². The van der Waals surface area contributed by atoms with Gasteiger partial charge in [0.05, 0.1) is 11.0 Å². The Balaban J connectivity index is 1.58. The van der Waals surface area contributed by atoms with Crippen LogP contribution in [0.3, 0.4) is 0 Å². The summed E-state index contributed by atoms with van der Waals surface area (Å²) >= 11 is 0. The molecular weight excluding hydrogens is 320 g/mol. The smallest absolute Gasteiger partial charge is 0.147 e. The van der Waals surface area contributed by atoms with Crippen LogP contribution in [-0.4, -0.2) is 9.55 Å². The molecule has 0 saturated carbocycles. The van der Waals surface area contributed by atoms with Gasteiger partial charge in [0.1, 0.15) is 18.2 Å². The van der Waals surface area contributed by atoms with Crippen molar-refractivity contribution in [3.63, 3.8) is 0 Å². The number of nitrogens with zero attached hydrogens (tertiary/aromatic N) is 2. The van der Waals surface area contributed by atoms with Crippen molar-refractivity contribution in [2.75, 3.05) is 0 Å². The summed E-state index contributed by atoms with van der Waals surface area (Å²) in [6.45, 7) is 3.71. The van der Waals surface area contributed by atoms with Gasteiger partial charge in [0, 0.05) is 6.54 Å². The van der Waals surface area contributed by atoms with Crippen LogP contribution >= 0.6 is 0 Å². The number of ether oxygens (including phenoxy) is 1. The van der Waals surface area contributed by atoms with E-state index < -0.39 is 0 Å². The summed E-state index contributed by atoms with van der Waals surface area (Å²) in [6.07, 6.45) is 3.62. The maximum absolute atomic E-state index is 6.09. The average Bonchev–Trinajstić information content (AvgIpc) is 3.04. The lowest BCUT2D eigenvalue weighted by molar-refractivity contribution is 0.290. The molecule has 0 fully saturated rings. The first-order valence-corrected chi connectivity index (χ1v) is 9.41. The van der Waals surface area contributed by atoms with Gasteiger partial charge >= 0.3 is 0 Å². The Morgan fingerprint density at radius 2 is 1.69 bits per heavy atom. The van der Waals surface area contributed by atoms with Crippen LogP contribution in [0.15, 0.2) is 66.7 Å². The van der Waals surface area contributed by atoms with Crippen LogP contribution < -0.4 is 4.74 Å². The van der Waals surface area contributed by atoms with E-state index in [0.717, 1.165) is 23.6 Å². The molecule has 0 spiro atoms. The molecule has 4 aromatic rings. The standard InChI is InChI=1S/C23H24N2O/c1-2-3-8-15-25-22-12-7-6-11-21(22)24-23(25)17-26-20-14-13-18-9-4-5-10-19(18)16-20/h4-7,9-14,16H,2-3,8,15,17H2,1H3. The van der Waals surface area contributed by atoms with Crippen molar-refractivity contribution in [1.82, 2.24) is 9.55 Å². The molecule has 3 aromatic carbocycles. The topological polar surface area (TPSA) is 27.1 Å². The van der Waals surface area contributed by atoms with Gasteiger partial charge in [-0.15, -0.1) is 0 Å². The first-order chi connectivity index (χ1) is 12.8. The molecule has 0 N–H and O–H groups in total. The van der Waals surface area contributed by atoms with E-state index in [9.17, 15) is 0 Å². The second kappa shape index (κ2) is 7.61. The van der Waals surface area contributed by atoms with E-state index in [2.05, 4.69) is 66.1 Å². The van der Waals surface area contributed by atoms with Crippen LogP contribution in [-0.2, 0) is 13.2 Å². The molecule has 0 aliphatic carbocycles. The molecule has 1 heterocycles. The van der Waals surface area contributed by atoms with E-state index in [1.54, 1.807) is 0 Å². The lowest BCUT2D eigenvalue weighted by Crippen LogP contribution is -2.07. The predicted molar refractivity (Wildman–Crippen MR) is 108 cm³/mol. The molecule has 0 saturated heterocycles. The first kappa shape index (κ1) is 16.6. The van der Waals surface area contributed by atoms with E-state index in [0.29, 0.717) is 6.61 Å². The number of benzene rings is 3. The number of para-hydroxylation sites is 2. The summed E-state index contributed by atoms with van der Waals surface area (Å²) < 4.78 is 8.40. The fourth-order valence-corrected chi connectivity index (χ4v) is 3.41. The second-order valence-corrected chi connectivity index (χ2v) is 6.67. The Hall–Kier alpha value is -2.81. The van der Waals surface area contributed by atoms with Gasteiger partial charge in [-0.1, -0.05) is 62.2 Å². The minimum absolute atomic E-state index is 0.485. The predicted octanol–water partition coefficient (Wildman–Crippen LogP) is 5.96. The SMILES string of the molecule is CCCCCn1c(COc2ccc3ccccc3c2)nc2ccccc21. The number of hydrogen-bond donors (Lipinski definition) is 0. The number of fused-ring (bicyclic) bond motifs is 2. The molecule has 0 bridgehead atoms. The number of aryl methyl sites for hydroxylation is 1. The van der Waals surface area contributed by atoms with E-state index in [4.69, 9.17) is 9.72 Å². The number of hydrogen-bond acceptors (Lipinski definition) is 2. The highest BCUT2D eigenvalue weighted by Gasteiger charge is 2.11. The maximum Gasteiger partial charge on any atom is 0.147 e. The third-order valence-electron chi connectivity index (χ3n) is 4.81. The van der Waals surface area contributed by atoms with Gasteiger partial charge in [0.15, 0.2) is 0 Å². The number of unbranched alkanes of at least 4 members (excludes halogenated alkanes) is 2. The zero-order chi connectivity index (χ0) is 17.8. The van der Waals surface area contributed by atoms with Gasteiger partial charge in [0.2, 0.25) is 0 Å². The van der Waals surface area contributed by atoms with Gasteiger partial charge in [-0.2, -0.15) is 0 Å². The fraction of sp³-hybridized carbons (Fsp3) is 0.261. The zero-order valence-electron chi connectivity index (χ0n) is 15.2. The van der Waals surface area contributed by atoms with Gasteiger partial charge in [-0.3, -0.25) is 0 Å². The minimum Gasteiger partial charge on any atom is -0.486 e. The van der Waals surface area contributed by atoms with Crippen LogP contribution in [0.4, 0.5) is 0 Å². The highest BCUT2D eigenvalue weighted by Crippen LogP contribution is 2.23. The Labute approximate surface area is 154 Å². The van der Waals surface area contributed by atoms with Gasteiger partial charge in [-0.25, -0.2) is 4.98 Å². The Morgan fingerprint density at radius 3 is 2.58 bits per heavy atom. The van der Waals surface area contributed by atoms with Gasteiger partial charge in [0.25, 0.3) is 0 Å². The van der Waals surface area contributed by atoms with Crippen molar-refractivity contribution in [3.05, 3.63) is 72.6 Å². The van der Waals surface area contributed by atoms with Crippen molar-refractivity contribution >= 4 is 21.8 Å². The lowest BCUT2D eigenvalue weighted by Gasteiger charge is -2.11. The molecule has 132 valence electrons. The summed E-state index contributed by atoms with van der Waals surface area (Å²) in [4.78, 5) is 4.81. The van der Waals surface area contributed by atoms with Crippen LogP contribution in [0.2, 0.25) is 0 Å². The average molecular weight is 344 g/mol. The summed E-state index contributed by atoms with van der Waals surface area (Å²) in [5.41, 5.74) is 2.24. The molecule has 26 heavy (non-hydrogen) atoms. The first-order valence-electron chi connectivity index (χ1n) is 9.41. The summed E-state index contributed by atoms with van der Waals surface area (Å²) in [7, 11) is 0. The largest absolute Gasteiger partial charge is 0.486 e. The van der Waals surface area contributed by atoms with Gasteiger partial charge < -0.3 is 9.30 Å². The highest BCUT2D eigenvalue weighted by atomic mass is 16.5. The van der Waals surface area contributed by atoms with Crippen LogP contribution in [0.5, 0.6) is 5.75 Å². The van der Waals surface area contributed by atoms with Gasteiger partial charge in [-0.05, 0) is 41.5 Å². The lowest BCUT2D eigenvalue weighted by atomic mass is 10.1. The van der Waals surface area contributed by atoms with E-state index in [1.165, 1.54) is 35.6 Å². The molecule has 1 aromatic heterocycles. The Morgan fingerprint density at radius 1 is 0.885 bits per heavy atom. The van der Waals surface area contributed by atoms with Crippen molar-refractivity contribution < 1.29 is 4.74 Å². The molecule has 3 heteroatoms. The zero-order valence-corrected chi connectivity index (χ0v) is 15.2. The molecule has 0 radical (unpaired) electrons. The van der Waals surface area contributed by atoms with Crippen LogP contribution in [0, 0.1) is 0 Å². The van der Waals surface area contributed by atoms with Crippen LogP contribution in [0.25, 0.3) is 21.8 Å². The van der Waals surface area contributed by atoms with E-state index in [1.807, 2.05) is 12.1 Å². The molecular formula is C23H24N2O. The van der Waals surface area contributed by atoms with Crippen LogP contribution in [0.1, 0.15) is 32.0 Å². The quantitative estimate of drug-likeness (QED) is 0.387. The fourth-order valence-electron chi connectivity index (χ4n) is 3.41. The number of rotatable bonds is 7. The molecule has 3 nitrogen and oxygen atoms in total. The van der Waals surface area contributed by atoms with E-state index in [-0.39, 0.29) is 0 Å². The minimum atomic E-state index is 0.485. The summed E-state index contributed by atoms with van der Waals surface area (Å²) in [6, 6.07) is 22.9. The number of imidazole rings is 1. The summed E-state index contributed by atoms with van der Waals surface area (Å²) in [5.74, 6) is 1.88. The number of aromatic nitrogens is 2. The van der Waals surface area contributed by atoms with E-state index >= 15 is 0 Å². The monoisotopic (exact) mass is 344 g/mol. The normalized spacial score (nSPS) is 11.3. The van der Waals surface area contributed by atoms with Crippen molar-refractivity contribution in [1.29, 1.82) is 0 Å². The molecule has 0 unspecified atom stereocenters. The van der Waals surface area contributed by atoms with Crippen molar-refractivity contribution in [2.45, 2.75) is 39.3 Å². The summed E-state index contributed by atoms with van der Waals surface area (Å²) in [5, 5.41) is 2.42. The maximum atomic E-state index is 6.09. The molecule has 0 aliphatic rings. The third kappa shape index (κ3) is 3.43. The second-order valence-electron chi connectivity index (χ2n) is 6.67. The molecule has 4 rings (SSSR count). The van der Waals surface area contributed by atoms with Crippen molar-refractivity contribution in [2.24, 2.45) is 0 Å². The molecule has 0 atom stereocenters.